The van der Waals surface area contributed by atoms with Crippen molar-refractivity contribution < 1.29 is 5.11 Å². The van der Waals surface area contributed by atoms with Crippen LogP contribution in [-0.4, -0.2) is 32.6 Å². The minimum absolute atomic E-state index is 0.194. The molecule has 2 heterocycles. The van der Waals surface area contributed by atoms with Crippen molar-refractivity contribution in [1.29, 1.82) is 0 Å². The van der Waals surface area contributed by atoms with Crippen LogP contribution in [0.15, 0.2) is 18.6 Å². The van der Waals surface area contributed by atoms with Gasteiger partial charge in [-0.05, 0) is 12.3 Å². The Labute approximate surface area is 105 Å². The van der Waals surface area contributed by atoms with Gasteiger partial charge in [0, 0.05) is 25.5 Å². The molecule has 0 saturated heterocycles. The molecule has 5 N–H and O–H groups in total. The summed E-state index contributed by atoms with van der Waals surface area (Å²) in [4.78, 5) is 8.57. The Morgan fingerprint density at radius 2 is 2.39 bits per heavy atom. The molecule has 2 aromatic rings. The van der Waals surface area contributed by atoms with Gasteiger partial charge in [-0.25, -0.2) is 15.8 Å². The van der Waals surface area contributed by atoms with Gasteiger partial charge < -0.3 is 20.2 Å². The van der Waals surface area contributed by atoms with Crippen LogP contribution in [0.1, 0.15) is 13.3 Å². The van der Waals surface area contributed by atoms with Crippen LogP contribution in [0.25, 0.3) is 5.65 Å². The zero-order valence-corrected chi connectivity index (χ0v) is 10.3. The molecule has 0 fully saturated rings. The molecule has 0 aliphatic heterocycles. The highest BCUT2D eigenvalue weighted by Crippen LogP contribution is 2.16. The summed E-state index contributed by atoms with van der Waals surface area (Å²) in [6, 6.07) is 0. The van der Waals surface area contributed by atoms with Gasteiger partial charge >= 0.3 is 0 Å². The molecule has 1 atom stereocenters. The highest BCUT2D eigenvalue weighted by molar-refractivity contribution is 5.65. The fourth-order valence-corrected chi connectivity index (χ4v) is 1.71. The number of nitrogens with two attached hydrogens (primary N) is 1. The van der Waals surface area contributed by atoms with Crippen LogP contribution in [0.4, 0.5) is 11.6 Å². The first-order chi connectivity index (χ1) is 8.74. The molecule has 0 aliphatic carbocycles. The van der Waals surface area contributed by atoms with Crippen LogP contribution in [-0.2, 0) is 0 Å². The average Bonchev–Trinajstić information content (AvgIpc) is 2.84. The van der Waals surface area contributed by atoms with E-state index < -0.39 is 0 Å². The Kier molecular flexibility index (Phi) is 3.96. The lowest BCUT2D eigenvalue weighted by atomic mass is 10.1. The van der Waals surface area contributed by atoms with Gasteiger partial charge in [-0.1, -0.05) is 6.92 Å². The van der Waals surface area contributed by atoms with Crippen molar-refractivity contribution in [2.75, 3.05) is 23.9 Å². The van der Waals surface area contributed by atoms with E-state index in [1.165, 1.54) is 0 Å². The third-order valence-corrected chi connectivity index (χ3v) is 2.76. The van der Waals surface area contributed by atoms with Crippen LogP contribution >= 0.6 is 0 Å². The Morgan fingerprint density at radius 1 is 1.56 bits per heavy atom. The minimum Gasteiger partial charge on any atom is -0.396 e. The first-order valence-electron chi connectivity index (χ1n) is 5.89. The molecule has 98 valence electrons. The van der Waals surface area contributed by atoms with E-state index in [-0.39, 0.29) is 6.61 Å². The predicted molar refractivity (Wildman–Crippen MR) is 70.2 cm³/mol. The van der Waals surface area contributed by atoms with E-state index in [2.05, 4.69) is 27.6 Å². The average molecular weight is 250 g/mol. The van der Waals surface area contributed by atoms with Gasteiger partial charge in [-0.3, -0.25) is 0 Å². The number of nitrogen functional groups attached to an aromatic ring is 1. The van der Waals surface area contributed by atoms with Crippen LogP contribution in [0, 0.1) is 5.92 Å². The Morgan fingerprint density at radius 3 is 3.11 bits per heavy atom. The quantitative estimate of drug-likeness (QED) is 0.438. The van der Waals surface area contributed by atoms with Crippen LogP contribution in [0.5, 0.6) is 0 Å². The highest BCUT2D eigenvalue weighted by atomic mass is 16.3. The molecule has 0 spiro atoms. The molecule has 0 aliphatic rings. The number of nitrogens with zero attached hydrogens (tertiary/aromatic N) is 3. The molecule has 1 unspecified atom stereocenters. The maximum atomic E-state index is 8.87. The van der Waals surface area contributed by atoms with Crippen molar-refractivity contribution in [1.82, 2.24) is 14.4 Å². The van der Waals surface area contributed by atoms with E-state index in [0.717, 1.165) is 18.6 Å². The molecule has 0 aromatic carbocycles. The topological polar surface area (TPSA) is 100 Å². The van der Waals surface area contributed by atoms with Crippen LogP contribution < -0.4 is 16.6 Å². The van der Waals surface area contributed by atoms with Gasteiger partial charge in [0.05, 0.1) is 6.20 Å². The third-order valence-electron chi connectivity index (χ3n) is 2.76. The Balaban J connectivity index is 2.18. The number of aromatic nitrogens is 3. The largest absolute Gasteiger partial charge is 0.396 e. The van der Waals surface area contributed by atoms with Gasteiger partial charge in [-0.2, -0.15) is 0 Å². The number of hydrogen-bond donors (Lipinski definition) is 4. The van der Waals surface area contributed by atoms with Gasteiger partial charge in [0.1, 0.15) is 0 Å². The summed E-state index contributed by atoms with van der Waals surface area (Å²) in [6.45, 7) is 2.99. The summed E-state index contributed by atoms with van der Waals surface area (Å²) in [5.41, 5.74) is 3.28. The van der Waals surface area contributed by atoms with E-state index in [0.29, 0.717) is 17.6 Å². The lowest BCUT2D eigenvalue weighted by Gasteiger charge is -2.13. The SMILES string of the molecule is CC(CCO)CNc1nc(NN)cn2ccnc12. The molecule has 0 amide bonds. The number of imidazole rings is 1. The zero-order valence-electron chi connectivity index (χ0n) is 10.3. The van der Waals surface area contributed by atoms with E-state index in [4.69, 9.17) is 10.9 Å². The Bertz CT molecular complexity index is 511. The first kappa shape index (κ1) is 12.6. The highest BCUT2D eigenvalue weighted by Gasteiger charge is 2.08. The number of aliphatic hydroxyl groups excluding tert-OH is 1. The molecule has 2 rings (SSSR count). The second-order valence-electron chi connectivity index (χ2n) is 4.28. The zero-order chi connectivity index (χ0) is 13.0. The molecular formula is C11H18N6O. The normalized spacial score (nSPS) is 12.6. The predicted octanol–water partition coefficient (Wildman–Crippen LogP) is 0.445. The fourth-order valence-electron chi connectivity index (χ4n) is 1.71. The Hall–Kier alpha value is -1.86. The van der Waals surface area contributed by atoms with Crippen molar-refractivity contribution in [3.8, 4) is 0 Å². The lowest BCUT2D eigenvalue weighted by molar-refractivity contribution is 0.266. The maximum Gasteiger partial charge on any atom is 0.180 e. The number of nitrogens with one attached hydrogen (secondary N) is 2. The molecule has 0 saturated carbocycles. The lowest BCUT2D eigenvalue weighted by Crippen LogP contribution is -2.16. The fraction of sp³-hybridized carbons (Fsp3) is 0.455. The van der Waals surface area contributed by atoms with Crippen molar-refractivity contribution >= 4 is 17.3 Å². The monoisotopic (exact) mass is 250 g/mol. The van der Waals surface area contributed by atoms with Crippen molar-refractivity contribution in [2.45, 2.75) is 13.3 Å². The second-order valence-corrected chi connectivity index (χ2v) is 4.28. The van der Waals surface area contributed by atoms with E-state index in [1.807, 2.05) is 10.6 Å². The van der Waals surface area contributed by atoms with Crippen molar-refractivity contribution in [3.05, 3.63) is 18.6 Å². The standard InChI is InChI=1S/C11H18N6O/c1-8(2-5-18)6-14-10-11-13-3-4-17(11)7-9(15-10)16-12/h3-4,7-8,16,18H,2,5-6,12H2,1H3,(H,14,15). The number of hydrazine groups is 1. The van der Waals surface area contributed by atoms with E-state index in [9.17, 15) is 0 Å². The molecule has 7 heteroatoms. The van der Waals surface area contributed by atoms with Gasteiger partial charge in [0.2, 0.25) is 0 Å². The number of fused-ring (bicyclic) bond motifs is 1. The number of anilines is 2. The number of hydrogen-bond acceptors (Lipinski definition) is 6. The van der Waals surface area contributed by atoms with Gasteiger partial charge in [0.15, 0.2) is 17.3 Å². The molecule has 0 bridgehead atoms. The van der Waals surface area contributed by atoms with E-state index >= 15 is 0 Å². The third kappa shape index (κ3) is 2.69. The van der Waals surface area contributed by atoms with Crippen molar-refractivity contribution in [3.63, 3.8) is 0 Å². The van der Waals surface area contributed by atoms with Crippen LogP contribution in [0.3, 0.4) is 0 Å². The smallest absolute Gasteiger partial charge is 0.180 e. The minimum atomic E-state index is 0.194. The summed E-state index contributed by atoms with van der Waals surface area (Å²) in [5.74, 6) is 6.99. The summed E-state index contributed by atoms with van der Waals surface area (Å²) < 4.78 is 1.85. The van der Waals surface area contributed by atoms with Crippen molar-refractivity contribution in [2.24, 2.45) is 11.8 Å². The molecular weight excluding hydrogens is 232 g/mol. The van der Waals surface area contributed by atoms with E-state index in [1.54, 1.807) is 12.4 Å². The summed E-state index contributed by atoms with van der Waals surface area (Å²) in [5, 5.41) is 12.1. The maximum absolute atomic E-state index is 8.87. The van der Waals surface area contributed by atoms with Gasteiger partial charge in [0.25, 0.3) is 0 Å². The second kappa shape index (κ2) is 5.65. The molecule has 0 radical (unpaired) electrons. The molecule has 7 nitrogen and oxygen atoms in total. The molecule has 18 heavy (non-hydrogen) atoms. The first-order valence-corrected chi connectivity index (χ1v) is 5.89. The number of aliphatic hydroxyl groups is 1. The summed E-state index contributed by atoms with van der Waals surface area (Å²) >= 11 is 0. The summed E-state index contributed by atoms with van der Waals surface area (Å²) in [6.07, 6.45) is 6.07. The van der Waals surface area contributed by atoms with Gasteiger partial charge in [-0.15, -0.1) is 0 Å². The number of rotatable bonds is 6. The van der Waals surface area contributed by atoms with Crippen LogP contribution in [0.2, 0.25) is 0 Å². The summed E-state index contributed by atoms with van der Waals surface area (Å²) in [7, 11) is 0. The molecule has 2 aromatic heterocycles.